The molecule has 1 aliphatic rings. The van der Waals surface area contributed by atoms with Gasteiger partial charge in [-0.2, -0.15) is 0 Å². The number of hydrogen-bond acceptors (Lipinski definition) is 2. The van der Waals surface area contributed by atoms with Gasteiger partial charge in [-0.25, -0.2) is 0 Å². The van der Waals surface area contributed by atoms with Crippen LogP contribution in [0.15, 0.2) is 48.5 Å². The fourth-order valence-corrected chi connectivity index (χ4v) is 4.37. The van der Waals surface area contributed by atoms with E-state index >= 15 is 0 Å². The second kappa shape index (κ2) is 11.0. The van der Waals surface area contributed by atoms with Gasteiger partial charge in [-0.1, -0.05) is 60.5 Å². The van der Waals surface area contributed by atoms with Crippen molar-refractivity contribution in [3.8, 4) is 0 Å². The zero-order chi connectivity index (χ0) is 22.4. The number of rotatable bonds is 7. The molecule has 0 aromatic heterocycles. The molecule has 166 valence electrons. The van der Waals surface area contributed by atoms with Crippen LogP contribution in [0.1, 0.15) is 55.3 Å². The molecular formula is C25H30Cl2N2O2. The maximum atomic E-state index is 13.5. The molecule has 0 saturated heterocycles. The Morgan fingerprint density at radius 2 is 1.65 bits per heavy atom. The van der Waals surface area contributed by atoms with Crippen LogP contribution in [-0.2, 0) is 16.1 Å². The number of carbonyl (C=O) groups is 2. The number of aryl methyl sites for hydroxylation is 1. The molecule has 0 heterocycles. The molecule has 2 amide bonds. The van der Waals surface area contributed by atoms with Crippen molar-refractivity contribution in [2.45, 2.75) is 58.2 Å². The summed E-state index contributed by atoms with van der Waals surface area (Å²) in [5, 5.41) is 3.78. The molecule has 1 aliphatic carbocycles. The standard InChI is InChI=1S/C25H30Cl2N2O2/c1-17-3-7-19(8-4-17)16-29(23(30)15-26)24(20-9-11-21(27)12-10-20)25(31)28-22-13-5-18(2)6-14-22/h3-4,7-12,18,22,24H,5-6,13-16H2,1-2H3,(H,28,31)/t18?,22?,24-/m0/s1. The van der Waals surface area contributed by atoms with E-state index in [0.29, 0.717) is 17.5 Å². The maximum absolute atomic E-state index is 13.5. The monoisotopic (exact) mass is 460 g/mol. The first-order valence-corrected chi connectivity index (χ1v) is 11.8. The van der Waals surface area contributed by atoms with Crippen molar-refractivity contribution in [1.29, 1.82) is 0 Å². The van der Waals surface area contributed by atoms with Crippen LogP contribution in [0.2, 0.25) is 5.02 Å². The summed E-state index contributed by atoms with van der Waals surface area (Å²) in [4.78, 5) is 28.0. The lowest BCUT2D eigenvalue weighted by Gasteiger charge is -2.34. The Balaban J connectivity index is 1.90. The summed E-state index contributed by atoms with van der Waals surface area (Å²) in [5.74, 6) is 0.0441. The van der Waals surface area contributed by atoms with Crippen molar-refractivity contribution in [3.63, 3.8) is 0 Å². The van der Waals surface area contributed by atoms with Gasteiger partial charge in [-0.15, -0.1) is 11.6 Å². The molecular weight excluding hydrogens is 431 g/mol. The van der Waals surface area contributed by atoms with E-state index in [1.807, 2.05) is 31.2 Å². The van der Waals surface area contributed by atoms with Gasteiger partial charge in [-0.3, -0.25) is 9.59 Å². The summed E-state index contributed by atoms with van der Waals surface area (Å²) < 4.78 is 0. The van der Waals surface area contributed by atoms with Crippen LogP contribution in [0.3, 0.4) is 0 Å². The first-order chi connectivity index (χ1) is 14.9. The van der Waals surface area contributed by atoms with Crippen LogP contribution in [-0.4, -0.2) is 28.6 Å². The van der Waals surface area contributed by atoms with Gasteiger partial charge in [0.2, 0.25) is 11.8 Å². The Labute approximate surface area is 194 Å². The van der Waals surface area contributed by atoms with E-state index in [0.717, 1.165) is 42.4 Å². The molecule has 0 radical (unpaired) electrons. The van der Waals surface area contributed by atoms with Crippen molar-refractivity contribution in [3.05, 3.63) is 70.2 Å². The number of benzene rings is 2. The number of amides is 2. The SMILES string of the molecule is Cc1ccc(CN(C(=O)CCl)[C@H](C(=O)NC2CCC(C)CC2)c2ccc(Cl)cc2)cc1. The molecule has 0 aliphatic heterocycles. The number of carbonyl (C=O) groups excluding carboxylic acids is 2. The van der Waals surface area contributed by atoms with Gasteiger partial charge in [0.25, 0.3) is 0 Å². The van der Waals surface area contributed by atoms with Crippen LogP contribution in [0, 0.1) is 12.8 Å². The van der Waals surface area contributed by atoms with Gasteiger partial charge >= 0.3 is 0 Å². The molecule has 3 rings (SSSR count). The minimum atomic E-state index is -0.774. The maximum Gasteiger partial charge on any atom is 0.247 e. The second-order valence-corrected chi connectivity index (χ2v) is 9.26. The van der Waals surface area contributed by atoms with Crippen LogP contribution < -0.4 is 5.32 Å². The summed E-state index contributed by atoms with van der Waals surface area (Å²) >= 11 is 12.0. The van der Waals surface area contributed by atoms with Crippen molar-refractivity contribution in [1.82, 2.24) is 10.2 Å². The molecule has 2 aromatic carbocycles. The first-order valence-electron chi connectivity index (χ1n) is 10.8. The summed E-state index contributed by atoms with van der Waals surface area (Å²) in [7, 11) is 0. The molecule has 1 N–H and O–H groups in total. The zero-order valence-electron chi connectivity index (χ0n) is 18.1. The van der Waals surface area contributed by atoms with Gasteiger partial charge < -0.3 is 10.2 Å². The van der Waals surface area contributed by atoms with Crippen molar-refractivity contribution in [2.75, 3.05) is 5.88 Å². The van der Waals surface area contributed by atoms with Crippen molar-refractivity contribution >= 4 is 35.0 Å². The molecule has 0 unspecified atom stereocenters. The van der Waals surface area contributed by atoms with Crippen LogP contribution >= 0.6 is 23.2 Å². The molecule has 1 fully saturated rings. The Kier molecular flexibility index (Phi) is 8.39. The highest BCUT2D eigenvalue weighted by Crippen LogP contribution is 2.28. The van der Waals surface area contributed by atoms with E-state index in [2.05, 4.69) is 12.2 Å². The van der Waals surface area contributed by atoms with Gasteiger partial charge in [0.1, 0.15) is 11.9 Å². The Hall–Kier alpha value is -2.04. The third-order valence-electron chi connectivity index (χ3n) is 6.02. The lowest BCUT2D eigenvalue weighted by Crippen LogP contribution is -2.47. The topological polar surface area (TPSA) is 49.4 Å². The van der Waals surface area contributed by atoms with Gasteiger partial charge in [0, 0.05) is 17.6 Å². The fraction of sp³-hybridized carbons (Fsp3) is 0.440. The lowest BCUT2D eigenvalue weighted by molar-refractivity contribution is -0.140. The minimum absolute atomic E-state index is 0.130. The highest BCUT2D eigenvalue weighted by Gasteiger charge is 2.33. The first kappa shape index (κ1) is 23.6. The predicted molar refractivity (Wildman–Crippen MR) is 126 cm³/mol. The molecule has 1 atom stereocenters. The highest BCUT2D eigenvalue weighted by molar-refractivity contribution is 6.30. The molecule has 2 aromatic rings. The Morgan fingerprint density at radius 1 is 1.03 bits per heavy atom. The van der Waals surface area contributed by atoms with Crippen LogP contribution in [0.5, 0.6) is 0 Å². The summed E-state index contributed by atoms with van der Waals surface area (Å²) in [5.41, 5.74) is 2.80. The van der Waals surface area contributed by atoms with E-state index in [9.17, 15) is 9.59 Å². The second-order valence-electron chi connectivity index (χ2n) is 8.56. The number of hydrogen-bond donors (Lipinski definition) is 1. The average molecular weight is 461 g/mol. The fourth-order valence-electron chi connectivity index (χ4n) is 4.09. The van der Waals surface area contributed by atoms with Gasteiger partial charge in [0.05, 0.1) is 0 Å². The number of nitrogens with one attached hydrogen (secondary N) is 1. The number of alkyl halides is 1. The average Bonchev–Trinajstić information content (AvgIpc) is 2.77. The summed E-state index contributed by atoms with van der Waals surface area (Å²) in [6, 6.07) is 14.4. The molecule has 4 nitrogen and oxygen atoms in total. The minimum Gasteiger partial charge on any atom is -0.351 e. The highest BCUT2D eigenvalue weighted by atomic mass is 35.5. The summed E-state index contributed by atoms with van der Waals surface area (Å²) in [6.07, 6.45) is 4.12. The Bertz CT molecular complexity index is 875. The molecule has 1 saturated carbocycles. The zero-order valence-corrected chi connectivity index (χ0v) is 19.6. The van der Waals surface area contributed by atoms with E-state index in [1.54, 1.807) is 29.2 Å². The molecule has 0 bridgehead atoms. The smallest absolute Gasteiger partial charge is 0.247 e. The van der Waals surface area contributed by atoms with Crippen LogP contribution in [0.4, 0.5) is 0 Å². The molecule has 31 heavy (non-hydrogen) atoms. The lowest BCUT2D eigenvalue weighted by atomic mass is 9.87. The quantitative estimate of drug-likeness (QED) is 0.542. The number of halogens is 2. The predicted octanol–water partition coefficient (Wildman–Crippen LogP) is 5.65. The largest absolute Gasteiger partial charge is 0.351 e. The number of nitrogens with zero attached hydrogens (tertiary/aromatic N) is 1. The van der Waals surface area contributed by atoms with E-state index in [1.165, 1.54) is 0 Å². The normalized spacial score (nSPS) is 19.5. The third kappa shape index (κ3) is 6.47. The van der Waals surface area contributed by atoms with Crippen molar-refractivity contribution in [2.24, 2.45) is 5.92 Å². The van der Waals surface area contributed by atoms with Gasteiger partial charge in [-0.05, 0) is 61.8 Å². The van der Waals surface area contributed by atoms with Crippen LogP contribution in [0.25, 0.3) is 0 Å². The summed E-state index contributed by atoms with van der Waals surface area (Å²) in [6.45, 7) is 4.56. The third-order valence-corrected chi connectivity index (χ3v) is 6.50. The van der Waals surface area contributed by atoms with E-state index < -0.39 is 6.04 Å². The van der Waals surface area contributed by atoms with Gasteiger partial charge in [0.15, 0.2) is 0 Å². The van der Waals surface area contributed by atoms with E-state index in [-0.39, 0.29) is 23.7 Å². The molecule has 0 spiro atoms. The van der Waals surface area contributed by atoms with E-state index in [4.69, 9.17) is 23.2 Å². The Morgan fingerprint density at radius 3 is 2.23 bits per heavy atom. The molecule has 6 heteroatoms. The van der Waals surface area contributed by atoms with Crippen molar-refractivity contribution < 1.29 is 9.59 Å².